The molecule has 148 valence electrons. The molecular formula is C24H27N5. The zero-order valence-corrected chi connectivity index (χ0v) is 16.7. The highest BCUT2D eigenvalue weighted by molar-refractivity contribution is 5.67. The monoisotopic (exact) mass is 385 g/mol. The molecule has 5 heteroatoms. The zero-order chi connectivity index (χ0) is 19.5. The van der Waals surface area contributed by atoms with Crippen LogP contribution in [0, 0.1) is 0 Å². The molecule has 5 rings (SSSR count). The fourth-order valence-corrected chi connectivity index (χ4v) is 4.37. The van der Waals surface area contributed by atoms with Gasteiger partial charge in [0.25, 0.3) is 0 Å². The first-order chi connectivity index (χ1) is 14.4. The molecule has 0 aliphatic carbocycles. The summed E-state index contributed by atoms with van der Waals surface area (Å²) in [6.45, 7) is 3.31. The predicted molar refractivity (Wildman–Crippen MR) is 120 cm³/mol. The van der Waals surface area contributed by atoms with E-state index < -0.39 is 0 Å². The zero-order valence-electron chi connectivity index (χ0n) is 16.7. The molecule has 3 heterocycles. The van der Waals surface area contributed by atoms with E-state index in [9.17, 15) is 0 Å². The van der Waals surface area contributed by atoms with E-state index in [2.05, 4.69) is 68.6 Å². The second-order valence-electron chi connectivity index (χ2n) is 7.84. The second-order valence-corrected chi connectivity index (χ2v) is 7.84. The van der Waals surface area contributed by atoms with Crippen molar-refractivity contribution < 1.29 is 0 Å². The van der Waals surface area contributed by atoms with Crippen molar-refractivity contribution >= 4 is 28.8 Å². The van der Waals surface area contributed by atoms with Crippen LogP contribution in [0.3, 0.4) is 0 Å². The molecule has 0 saturated carbocycles. The van der Waals surface area contributed by atoms with Gasteiger partial charge in [-0.2, -0.15) is 4.98 Å². The maximum atomic E-state index is 4.80. The molecule has 0 unspecified atom stereocenters. The van der Waals surface area contributed by atoms with Crippen molar-refractivity contribution in [3.05, 3.63) is 66.4 Å². The van der Waals surface area contributed by atoms with Crippen LogP contribution in [-0.2, 0) is 6.42 Å². The van der Waals surface area contributed by atoms with Crippen LogP contribution in [0.4, 0.5) is 28.8 Å². The van der Waals surface area contributed by atoms with Crippen molar-refractivity contribution in [2.24, 2.45) is 0 Å². The average Bonchev–Trinajstić information content (AvgIpc) is 2.80. The second kappa shape index (κ2) is 8.11. The molecule has 2 aliphatic rings. The molecule has 2 aliphatic heterocycles. The molecule has 0 radical (unpaired) electrons. The molecule has 3 aromatic rings. The van der Waals surface area contributed by atoms with Crippen LogP contribution in [0.15, 0.2) is 60.8 Å². The lowest BCUT2D eigenvalue weighted by atomic mass is 10.0. The summed E-state index contributed by atoms with van der Waals surface area (Å²) in [5.74, 6) is 1.58. The van der Waals surface area contributed by atoms with E-state index in [1.54, 1.807) is 0 Å². The van der Waals surface area contributed by atoms with Gasteiger partial charge in [-0.3, -0.25) is 0 Å². The highest BCUT2D eigenvalue weighted by Gasteiger charge is 2.19. The predicted octanol–water partition coefficient (Wildman–Crippen LogP) is 5.29. The maximum absolute atomic E-state index is 4.80. The van der Waals surface area contributed by atoms with Crippen molar-refractivity contribution in [3.8, 4) is 0 Å². The van der Waals surface area contributed by atoms with Gasteiger partial charge < -0.3 is 15.1 Å². The van der Waals surface area contributed by atoms with Gasteiger partial charge in [0.15, 0.2) is 0 Å². The number of piperidine rings is 1. The van der Waals surface area contributed by atoms with Gasteiger partial charge in [0.2, 0.25) is 5.95 Å². The number of hydrogen-bond acceptors (Lipinski definition) is 5. The Bertz CT molecular complexity index is 963. The Kier molecular flexibility index (Phi) is 5.03. The number of benzene rings is 2. The van der Waals surface area contributed by atoms with E-state index in [1.807, 2.05) is 12.3 Å². The lowest BCUT2D eigenvalue weighted by molar-refractivity contribution is 0.578. The van der Waals surface area contributed by atoms with Crippen LogP contribution in [-0.4, -0.2) is 29.6 Å². The van der Waals surface area contributed by atoms with Gasteiger partial charge in [0.1, 0.15) is 5.82 Å². The van der Waals surface area contributed by atoms with Crippen molar-refractivity contribution in [3.63, 3.8) is 0 Å². The molecule has 0 spiro atoms. The number of hydrogen-bond donors (Lipinski definition) is 1. The minimum atomic E-state index is 0.635. The van der Waals surface area contributed by atoms with E-state index in [-0.39, 0.29) is 0 Å². The number of nitrogens with one attached hydrogen (secondary N) is 1. The van der Waals surface area contributed by atoms with Crippen molar-refractivity contribution in [1.29, 1.82) is 0 Å². The van der Waals surface area contributed by atoms with Gasteiger partial charge in [0, 0.05) is 42.9 Å². The minimum absolute atomic E-state index is 0.635. The fraction of sp³-hybridized carbons (Fsp3) is 0.333. The number of aromatic nitrogens is 2. The first-order valence-electron chi connectivity index (χ1n) is 10.7. The SMILES string of the molecule is c1ccc2c(c1)CCCN2c1ccnc(Nc2ccc(N3CCCCC3)cc2)n1. The van der Waals surface area contributed by atoms with Gasteiger partial charge in [-0.25, -0.2) is 4.98 Å². The quantitative estimate of drug-likeness (QED) is 0.661. The Hall–Kier alpha value is -3.08. The van der Waals surface area contributed by atoms with E-state index in [4.69, 9.17) is 4.98 Å². The number of anilines is 5. The van der Waals surface area contributed by atoms with Crippen LogP contribution < -0.4 is 15.1 Å². The largest absolute Gasteiger partial charge is 0.372 e. The van der Waals surface area contributed by atoms with Gasteiger partial charge in [0.05, 0.1) is 0 Å². The van der Waals surface area contributed by atoms with Crippen molar-refractivity contribution in [2.75, 3.05) is 34.8 Å². The summed E-state index contributed by atoms with van der Waals surface area (Å²) >= 11 is 0. The summed E-state index contributed by atoms with van der Waals surface area (Å²) in [6.07, 6.45) is 8.05. The third-order valence-corrected chi connectivity index (χ3v) is 5.87. The Morgan fingerprint density at radius 1 is 0.793 bits per heavy atom. The van der Waals surface area contributed by atoms with Gasteiger partial charge in [-0.05, 0) is 74.1 Å². The first kappa shape index (κ1) is 18.0. The van der Waals surface area contributed by atoms with E-state index >= 15 is 0 Å². The lowest BCUT2D eigenvalue weighted by Gasteiger charge is -2.30. The van der Waals surface area contributed by atoms with Crippen LogP contribution in [0.2, 0.25) is 0 Å². The van der Waals surface area contributed by atoms with Crippen LogP contribution in [0.5, 0.6) is 0 Å². The molecule has 1 aromatic heterocycles. The summed E-state index contributed by atoms with van der Waals surface area (Å²) in [5.41, 5.74) is 4.96. The number of fused-ring (bicyclic) bond motifs is 1. The maximum Gasteiger partial charge on any atom is 0.229 e. The summed E-state index contributed by atoms with van der Waals surface area (Å²) in [4.78, 5) is 14.0. The highest BCUT2D eigenvalue weighted by Crippen LogP contribution is 2.32. The summed E-state index contributed by atoms with van der Waals surface area (Å²) < 4.78 is 0. The van der Waals surface area contributed by atoms with E-state index in [1.165, 1.54) is 36.2 Å². The van der Waals surface area contributed by atoms with Gasteiger partial charge >= 0.3 is 0 Å². The van der Waals surface area contributed by atoms with Gasteiger partial charge in [-0.15, -0.1) is 0 Å². The Labute approximate surface area is 172 Å². The van der Waals surface area contributed by atoms with Crippen molar-refractivity contribution in [2.45, 2.75) is 32.1 Å². The molecule has 1 fully saturated rings. The highest BCUT2D eigenvalue weighted by atomic mass is 15.2. The molecule has 1 saturated heterocycles. The summed E-state index contributed by atoms with van der Waals surface area (Å²) in [6, 6.07) is 19.2. The average molecular weight is 386 g/mol. The van der Waals surface area contributed by atoms with Crippen LogP contribution >= 0.6 is 0 Å². The molecule has 2 aromatic carbocycles. The topological polar surface area (TPSA) is 44.3 Å². The fourth-order valence-electron chi connectivity index (χ4n) is 4.37. The molecule has 0 amide bonds. The van der Waals surface area contributed by atoms with E-state index in [0.29, 0.717) is 5.95 Å². The minimum Gasteiger partial charge on any atom is -0.372 e. The Balaban J connectivity index is 1.33. The first-order valence-corrected chi connectivity index (χ1v) is 10.7. The molecule has 29 heavy (non-hydrogen) atoms. The normalized spacial score (nSPS) is 16.4. The molecule has 0 bridgehead atoms. The molecular weight excluding hydrogens is 358 g/mol. The van der Waals surface area contributed by atoms with Crippen molar-refractivity contribution in [1.82, 2.24) is 9.97 Å². The van der Waals surface area contributed by atoms with E-state index in [0.717, 1.165) is 44.0 Å². The third kappa shape index (κ3) is 3.90. The number of rotatable bonds is 4. The molecule has 5 nitrogen and oxygen atoms in total. The number of para-hydroxylation sites is 1. The lowest BCUT2D eigenvalue weighted by Crippen LogP contribution is -2.29. The van der Waals surface area contributed by atoms with Crippen LogP contribution in [0.1, 0.15) is 31.2 Å². The summed E-state index contributed by atoms with van der Waals surface area (Å²) in [7, 11) is 0. The molecule has 0 atom stereocenters. The third-order valence-electron chi connectivity index (χ3n) is 5.87. The van der Waals surface area contributed by atoms with Gasteiger partial charge in [-0.1, -0.05) is 18.2 Å². The van der Waals surface area contributed by atoms with Crippen LogP contribution in [0.25, 0.3) is 0 Å². The number of aryl methyl sites for hydroxylation is 1. The Morgan fingerprint density at radius 3 is 2.48 bits per heavy atom. The number of nitrogens with zero attached hydrogens (tertiary/aromatic N) is 4. The standard InChI is InChI=1S/C24H27N5/c1-4-16-28(17-5-1)21-12-10-20(11-13-21)26-24-25-15-14-23(27-24)29-18-6-8-19-7-2-3-9-22(19)29/h2-3,7,9-15H,1,4-6,8,16-18H2,(H,25,26,27). The Morgan fingerprint density at radius 2 is 1.62 bits per heavy atom. The summed E-state index contributed by atoms with van der Waals surface area (Å²) in [5, 5.41) is 3.37. The molecule has 1 N–H and O–H groups in total. The smallest absolute Gasteiger partial charge is 0.229 e.